The fourth-order valence-corrected chi connectivity index (χ4v) is 2.55. The molecule has 1 aromatic rings. The van der Waals surface area contributed by atoms with Gasteiger partial charge in [-0.05, 0) is 49.6 Å². The Hall–Kier alpha value is -1.88. The van der Waals surface area contributed by atoms with E-state index in [0.29, 0.717) is 23.7 Å². The Labute approximate surface area is 119 Å². The third-order valence-electron chi connectivity index (χ3n) is 3.56. The fraction of sp³-hybridized carbons (Fsp3) is 0.467. The molecule has 1 aliphatic heterocycles. The molecular formula is C15H21N3O2. The molecule has 2 amide bonds. The molecule has 1 aromatic carbocycles. The van der Waals surface area contributed by atoms with E-state index in [4.69, 9.17) is 5.73 Å². The van der Waals surface area contributed by atoms with Crippen LogP contribution in [0.1, 0.15) is 30.1 Å². The van der Waals surface area contributed by atoms with Crippen LogP contribution in [0.5, 0.6) is 0 Å². The van der Waals surface area contributed by atoms with Crippen molar-refractivity contribution < 1.29 is 9.59 Å². The minimum atomic E-state index is -0.467. The first-order valence-electron chi connectivity index (χ1n) is 6.96. The maximum Gasteiger partial charge on any atom is 0.248 e. The number of nitrogens with one attached hydrogen (secondary N) is 1. The predicted molar refractivity (Wildman–Crippen MR) is 78.4 cm³/mol. The number of nitrogens with zero attached hydrogens (tertiary/aromatic N) is 1. The standard InChI is InChI=1S/C15H21N3O2/c1-11-3-2-8-18(9-11)10-14(19)17-13-6-4-12(5-7-13)15(16)20/h4-7,11H,2-3,8-10H2,1H3,(H2,16,20)(H,17,19)/t11-/m1/s1. The fourth-order valence-electron chi connectivity index (χ4n) is 2.55. The lowest BCUT2D eigenvalue weighted by Crippen LogP contribution is -2.39. The Morgan fingerprint density at radius 1 is 1.35 bits per heavy atom. The van der Waals surface area contributed by atoms with Gasteiger partial charge in [-0.1, -0.05) is 6.92 Å². The first kappa shape index (κ1) is 14.5. The number of piperidine rings is 1. The molecule has 5 heteroatoms. The van der Waals surface area contributed by atoms with Gasteiger partial charge in [0.25, 0.3) is 0 Å². The highest BCUT2D eigenvalue weighted by molar-refractivity contribution is 5.95. The second-order valence-corrected chi connectivity index (χ2v) is 5.47. The van der Waals surface area contributed by atoms with E-state index in [0.717, 1.165) is 19.5 Å². The van der Waals surface area contributed by atoms with Crippen LogP contribution < -0.4 is 11.1 Å². The van der Waals surface area contributed by atoms with E-state index < -0.39 is 5.91 Å². The van der Waals surface area contributed by atoms with E-state index in [1.807, 2.05) is 0 Å². The number of benzene rings is 1. The smallest absolute Gasteiger partial charge is 0.248 e. The van der Waals surface area contributed by atoms with Gasteiger partial charge in [-0.25, -0.2) is 0 Å². The molecule has 1 saturated heterocycles. The lowest BCUT2D eigenvalue weighted by Gasteiger charge is -2.30. The van der Waals surface area contributed by atoms with Crippen molar-refractivity contribution in [2.45, 2.75) is 19.8 Å². The molecule has 1 aliphatic rings. The Morgan fingerprint density at radius 2 is 2.05 bits per heavy atom. The SMILES string of the molecule is C[C@@H]1CCCN(CC(=O)Nc2ccc(C(N)=O)cc2)C1. The van der Waals surface area contributed by atoms with Gasteiger partial charge < -0.3 is 11.1 Å². The quantitative estimate of drug-likeness (QED) is 0.873. The zero-order chi connectivity index (χ0) is 14.5. The molecule has 3 N–H and O–H groups in total. The van der Waals surface area contributed by atoms with Crippen molar-refractivity contribution in [3.63, 3.8) is 0 Å². The van der Waals surface area contributed by atoms with Crippen molar-refractivity contribution in [1.29, 1.82) is 0 Å². The number of carbonyl (C=O) groups excluding carboxylic acids is 2. The highest BCUT2D eigenvalue weighted by Crippen LogP contribution is 2.15. The molecule has 0 saturated carbocycles. The van der Waals surface area contributed by atoms with E-state index in [1.165, 1.54) is 6.42 Å². The Kier molecular flexibility index (Phi) is 4.74. The highest BCUT2D eigenvalue weighted by Gasteiger charge is 2.18. The number of nitrogens with two attached hydrogens (primary N) is 1. The lowest BCUT2D eigenvalue weighted by molar-refractivity contribution is -0.117. The van der Waals surface area contributed by atoms with Gasteiger partial charge in [-0.15, -0.1) is 0 Å². The largest absolute Gasteiger partial charge is 0.366 e. The average Bonchev–Trinajstić information content (AvgIpc) is 2.39. The van der Waals surface area contributed by atoms with E-state index >= 15 is 0 Å². The highest BCUT2D eigenvalue weighted by atomic mass is 16.2. The summed E-state index contributed by atoms with van der Waals surface area (Å²) in [5.74, 6) is 0.169. The Morgan fingerprint density at radius 3 is 2.65 bits per heavy atom. The third kappa shape index (κ3) is 4.06. The van der Waals surface area contributed by atoms with Gasteiger partial charge in [0, 0.05) is 17.8 Å². The molecule has 0 spiro atoms. The summed E-state index contributed by atoms with van der Waals surface area (Å²) in [6.45, 7) is 4.60. The maximum absolute atomic E-state index is 12.0. The molecular weight excluding hydrogens is 254 g/mol. The molecule has 0 unspecified atom stereocenters. The van der Waals surface area contributed by atoms with Crippen molar-refractivity contribution in [2.75, 3.05) is 25.0 Å². The van der Waals surface area contributed by atoms with E-state index in [1.54, 1.807) is 24.3 Å². The minimum Gasteiger partial charge on any atom is -0.366 e. The summed E-state index contributed by atoms with van der Waals surface area (Å²) in [5, 5.41) is 2.84. The van der Waals surface area contributed by atoms with Gasteiger partial charge >= 0.3 is 0 Å². The molecule has 5 nitrogen and oxygen atoms in total. The number of primary amides is 1. The van der Waals surface area contributed by atoms with Gasteiger partial charge in [0.05, 0.1) is 6.54 Å². The third-order valence-corrected chi connectivity index (χ3v) is 3.56. The number of likely N-dealkylation sites (tertiary alicyclic amines) is 1. The van der Waals surface area contributed by atoms with Gasteiger partial charge in [0.1, 0.15) is 0 Å². The molecule has 2 rings (SSSR count). The number of hydrogen-bond donors (Lipinski definition) is 2. The molecule has 1 fully saturated rings. The van der Waals surface area contributed by atoms with Crippen LogP contribution >= 0.6 is 0 Å². The summed E-state index contributed by atoms with van der Waals surface area (Å²) >= 11 is 0. The van der Waals surface area contributed by atoms with Crippen LogP contribution in [0, 0.1) is 5.92 Å². The van der Waals surface area contributed by atoms with Crippen LogP contribution in [-0.2, 0) is 4.79 Å². The molecule has 0 radical (unpaired) electrons. The predicted octanol–water partition coefficient (Wildman–Crippen LogP) is 1.46. The molecule has 0 aliphatic carbocycles. The van der Waals surface area contributed by atoms with Crippen LogP contribution in [0.3, 0.4) is 0 Å². The van der Waals surface area contributed by atoms with E-state index in [2.05, 4.69) is 17.1 Å². The summed E-state index contributed by atoms with van der Waals surface area (Å²) in [5.41, 5.74) is 6.29. The van der Waals surface area contributed by atoms with Crippen molar-refractivity contribution >= 4 is 17.5 Å². The number of hydrogen-bond acceptors (Lipinski definition) is 3. The van der Waals surface area contributed by atoms with Crippen molar-refractivity contribution in [1.82, 2.24) is 4.90 Å². The van der Waals surface area contributed by atoms with E-state index in [9.17, 15) is 9.59 Å². The van der Waals surface area contributed by atoms with Crippen LogP contribution in [0.4, 0.5) is 5.69 Å². The topological polar surface area (TPSA) is 75.4 Å². The number of anilines is 1. The van der Waals surface area contributed by atoms with Crippen LogP contribution in [0.25, 0.3) is 0 Å². The zero-order valence-corrected chi connectivity index (χ0v) is 11.8. The molecule has 108 valence electrons. The molecule has 20 heavy (non-hydrogen) atoms. The summed E-state index contributed by atoms with van der Waals surface area (Å²) < 4.78 is 0. The van der Waals surface area contributed by atoms with Crippen LogP contribution in [0.2, 0.25) is 0 Å². The zero-order valence-electron chi connectivity index (χ0n) is 11.8. The lowest BCUT2D eigenvalue weighted by atomic mass is 10.0. The Balaban J connectivity index is 1.86. The summed E-state index contributed by atoms with van der Waals surface area (Å²) in [6.07, 6.45) is 2.40. The van der Waals surface area contributed by atoms with Gasteiger partial charge in [0.15, 0.2) is 0 Å². The Bertz CT molecular complexity index is 484. The van der Waals surface area contributed by atoms with Gasteiger partial charge in [-0.3, -0.25) is 14.5 Å². The molecule has 0 bridgehead atoms. The summed E-state index contributed by atoms with van der Waals surface area (Å²) in [7, 11) is 0. The summed E-state index contributed by atoms with van der Waals surface area (Å²) in [4.78, 5) is 25.1. The first-order chi connectivity index (χ1) is 9.54. The van der Waals surface area contributed by atoms with Crippen molar-refractivity contribution in [3.8, 4) is 0 Å². The molecule has 0 aromatic heterocycles. The van der Waals surface area contributed by atoms with Crippen LogP contribution in [0.15, 0.2) is 24.3 Å². The normalized spacial score (nSPS) is 19.6. The molecule has 1 atom stereocenters. The summed E-state index contributed by atoms with van der Waals surface area (Å²) in [6, 6.07) is 6.61. The van der Waals surface area contributed by atoms with Crippen LogP contribution in [-0.4, -0.2) is 36.3 Å². The first-order valence-corrected chi connectivity index (χ1v) is 6.96. The number of rotatable bonds is 4. The van der Waals surface area contributed by atoms with Crippen molar-refractivity contribution in [2.24, 2.45) is 11.7 Å². The van der Waals surface area contributed by atoms with Crippen molar-refractivity contribution in [3.05, 3.63) is 29.8 Å². The minimum absolute atomic E-state index is 0.0223. The monoisotopic (exact) mass is 275 g/mol. The molecule has 1 heterocycles. The second-order valence-electron chi connectivity index (χ2n) is 5.47. The van der Waals surface area contributed by atoms with E-state index in [-0.39, 0.29) is 5.91 Å². The maximum atomic E-state index is 12.0. The second kappa shape index (κ2) is 6.52. The van der Waals surface area contributed by atoms with Gasteiger partial charge in [0.2, 0.25) is 11.8 Å². The number of amides is 2. The van der Waals surface area contributed by atoms with Gasteiger partial charge in [-0.2, -0.15) is 0 Å². The average molecular weight is 275 g/mol. The number of carbonyl (C=O) groups is 2.